The van der Waals surface area contributed by atoms with Crippen LogP contribution in [0.3, 0.4) is 0 Å². The van der Waals surface area contributed by atoms with Gasteiger partial charge < -0.3 is 5.32 Å². The van der Waals surface area contributed by atoms with Crippen molar-refractivity contribution in [2.75, 3.05) is 0 Å². The fourth-order valence-corrected chi connectivity index (χ4v) is 3.42. The minimum atomic E-state index is 0.0144. The van der Waals surface area contributed by atoms with Crippen molar-refractivity contribution >= 4 is 5.91 Å². The molecule has 4 nitrogen and oxygen atoms in total. The first-order valence-corrected chi connectivity index (χ1v) is 7.91. The van der Waals surface area contributed by atoms with Crippen molar-refractivity contribution in [2.24, 2.45) is 0 Å². The normalized spacial score (nSPS) is 19.4. The highest BCUT2D eigenvalue weighted by atomic mass is 16.1. The molecule has 4 heteroatoms. The molecule has 0 unspecified atom stereocenters. The highest BCUT2D eigenvalue weighted by molar-refractivity contribution is 5.94. The number of rotatable bonds is 2. The van der Waals surface area contributed by atoms with E-state index in [1.807, 2.05) is 6.92 Å². The SMILES string of the molecule is Cc1nc2c(c(C(=O)NC3CCCCCC3)n1)CCC2. The molecule has 0 aromatic carbocycles. The van der Waals surface area contributed by atoms with E-state index >= 15 is 0 Å². The van der Waals surface area contributed by atoms with Gasteiger partial charge in [0.25, 0.3) is 5.91 Å². The number of carbonyl (C=O) groups is 1. The Labute approximate surface area is 120 Å². The zero-order valence-corrected chi connectivity index (χ0v) is 12.2. The standard InChI is InChI=1S/C16H23N3O/c1-11-17-14-10-6-9-13(14)15(18-11)16(20)19-12-7-4-2-3-5-8-12/h12H,2-10H2,1H3,(H,19,20). The van der Waals surface area contributed by atoms with Crippen molar-refractivity contribution in [1.82, 2.24) is 15.3 Å². The molecule has 2 aliphatic carbocycles. The van der Waals surface area contributed by atoms with Gasteiger partial charge in [-0.05, 0) is 39.0 Å². The highest BCUT2D eigenvalue weighted by Crippen LogP contribution is 2.23. The summed E-state index contributed by atoms with van der Waals surface area (Å²) >= 11 is 0. The van der Waals surface area contributed by atoms with Crippen LogP contribution in [0.5, 0.6) is 0 Å². The zero-order chi connectivity index (χ0) is 13.9. The van der Waals surface area contributed by atoms with E-state index in [0.29, 0.717) is 11.7 Å². The van der Waals surface area contributed by atoms with Gasteiger partial charge in [-0.1, -0.05) is 25.7 Å². The third-order valence-electron chi connectivity index (χ3n) is 4.45. The van der Waals surface area contributed by atoms with Crippen molar-refractivity contribution in [3.63, 3.8) is 0 Å². The van der Waals surface area contributed by atoms with Gasteiger partial charge in [0.15, 0.2) is 0 Å². The molecule has 0 aliphatic heterocycles. The second-order valence-corrected chi connectivity index (χ2v) is 6.06. The van der Waals surface area contributed by atoms with Gasteiger partial charge in [0.05, 0.1) is 0 Å². The maximum atomic E-state index is 12.5. The number of hydrogen-bond acceptors (Lipinski definition) is 3. The molecule has 1 saturated carbocycles. The number of fused-ring (bicyclic) bond motifs is 1. The third-order valence-corrected chi connectivity index (χ3v) is 4.45. The van der Waals surface area contributed by atoms with E-state index in [1.165, 1.54) is 25.7 Å². The summed E-state index contributed by atoms with van der Waals surface area (Å²) in [6, 6.07) is 0.331. The molecule has 0 saturated heterocycles. The molecular weight excluding hydrogens is 250 g/mol. The van der Waals surface area contributed by atoms with Gasteiger partial charge in [-0.15, -0.1) is 0 Å². The van der Waals surface area contributed by atoms with Crippen LogP contribution in [0.4, 0.5) is 0 Å². The van der Waals surface area contributed by atoms with Crippen LogP contribution in [0.25, 0.3) is 0 Å². The Morgan fingerprint density at radius 3 is 2.55 bits per heavy atom. The second kappa shape index (κ2) is 5.90. The molecule has 0 bridgehead atoms. The quantitative estimate of drug-likeness (QED) is 0.843. The Kier molecular flexibility index (Phi) is 3.99. The zero-order valence-electron chi connectivity index (χ0n) is 12.2. The van der Waals surface area contributed by atoms with E-state index in [-0.39, 0.29) is 5.91 Å². The van der Waals surface area contributed by atoms with Crippen molar-refractivity contribution in [3.05, 3.63) is 22.8 Å². The Morgan fingerprint density at radius 1 is 1.05 bits per heavy atom. The molecule has 2 aliphatic rings. The largest absolute Gasteiger partial charge is 0.348 e. The van der Waals surface area contributed by atoms with Gasteiger partial charge in [-0.25, -0.2) is 9.97 Å². The molecule has 0 spiro atoms. The van der Waals surface area contributed by atoms with Crippen LogP contribution in [-0.2, 0) is 12.8 Å². The maximum Gasteiger partial charge on any atom is 0.270 e. The fourth-order valence-electron chi connectivity index (χ4n) is 3.42. The Morgan fingerprint density at radius 2 is 1.80 bits per heavy atom. The smallest absolute Gasteiger partial charge is 0.270 e. The molecule has 1 heterocycles. The topological polar surface area (TPSA) is 54.9 Å². The summed E-state index contributed by atoms with van der Waals surface area (Å²) in [4.78, 5) is 21.4. The van der Waals surface area contributed by atoms with Gasteiger partial charge in [0.1, 0.15) is 11.5 Å². The molecule has 0 radical (unpaired) electrons. The molecule has 1 aromatic rings. The van der Waals surface area contributed by atoms with Crippen LogP contribution in [-0.4, -0.2) is 21.9 Å². The fraction of sp³-hybridized carbons (Fsp3) is 0.688. The summed E-state index contributed by atoms with van der Waals surface area (Å²) < 4.78 is 0. The minimum absolute atomic E-state index is 0.0144. The summed E-state index contributed by atoms with van der Waals surface area (Å²) in [5.41, 5.74) is 2.81. The number of hydrogen-bond donors (Lipinski definition) is 1. The first-order chi connectivity index (χ1) is 9.74. The van der Waals surface area contributed by atoms with E-state index in [4.69, 9.17) is 0 Å². The predicted octanol–water partition coefficient (Wildman–Crippen LogP) is 2.73. The van der Waals surface area contributed by atoms with E-state index in [1.54, 1.807) is 0 Å². The molecule has 20 heavy (non-hydrogen) atoms. The number of nitrogens with zero attached hydrogens (tertiary/aromatic N) is 2. The van der Waals surface area contributed by atoms with Gasteiger partial charge in [0, 0.05) is 17.3 Å². The summed E-state index contributed by atoms with van der Waals surface area (Å²) in [6.07, 6.45) is 10.3. The molecule has 1 aromatic heterocycles. The number of aromatic nitrogens is 2. The lowest BCUT2D eigenvalue weighted by Gasteiger charge is -2.17. The number of carbonyl (C=O) groups excluding carboxylic acids is 1. The molecule has 3 rings (SSSR count). The Balaban J connectivity index is 1.77. The van der Waals surface area contributed by atoms with Crippen LogP contribution < -0.4 is 5.32 Å². The molecule has 1 fully saturated rings. The molecule has 1 N–H and O–H groups in total. The summed E-state index contributed by atoms with van der Waals surface area (Å²) in [5.74, 6) is 0.734. The lowest BCUT2D eigenvalue weighted by molar-refractivity contribution is 0.0927. The van der Waals surface area contributed by atoms with Crippen LogP contribution in [0.2, 0.25) is 0 Å². The lowest BCUT2D eigenvalue weighted by Crippen LogP contribution is -2.35. The van der Waals surface area contributed by atoms with Crippen molar-refractivity contribution in [1.29, 1.82) is 0 Å². The summed E-state index contributed by atoms with van der Waals surface area (Å²) in [7, 11) is 0. The third kappa shape index (κ3) is 2.84. The van der Waals surface area contributed by atoms with Gasteiger partial charge in [-0.3, -0.25) is 4.79 Å². The first kappa shape index (κ1) is 13.5. The molecule has 0 atom stereocenters. The summed E-state index contributed by atoms with van der Waals surface area (Å²) in [6.45, 7) is 1.88. The van der Waals surface area contributed by atoms with Crippen molar-refractivity contribution in [2.45, 2.75) is 70.8 Å². The average molecular weight is 273 g/mol. The summed E-state index contributed by atoms with van der Waals surface area (Å²) in [5, 5.41) is 3.20. The second-order valence-electron chi connectivity index (χ2n) is 6.06. The molecule has 108 valence electrons. The van der Waals surface area contributed by atoms with Gasteiger partial charge >= 0.3 is 0 Å². The van der Waals surface area contributed by atoms with Crippen LogP contribution >= 0.6 is 0 Å². The first-order valence-electron chi connectivity index (χ1n) is 7.91. The monoisotopic (exact) mass is 273 g/mol. The number of aryl methyl sites for hydroxylation is 2. The van der Waals surface area contributed by atoms with Crippen molar-refractivity contribution in [3.8, 4) is 0 Å². The van der Waals surface area contributed by atoms with Crippen LogP contribution in [0.15, 0.2) is 0 Å². The van der Waals surface area contributed by atoms with E-state index in [0.717, 1.165) is 49.2 Å². The Hall–Kier alpha value is -1.45. The average Bonchev–Trinajstić information content (AvgIpc) is 2.74. The lowest BCUT2D eigenvalue weighted by atomic mass is 10.1. The van der Waals surface area contributed by atoms with E-state index in [2.05, 4.69) is 15.3 Å². The number of nitrogens with one attached hydrogen (secondary N) is 1. The number of amides is 1. The molecule has 1 amide bonds. The van der Waals surface area contributed by atoms with Gasteiger partial charge in [0.2, 0.25) is 0 Å². The Bertz CT molecular complexity index is 505. The van der Waals surface area contributed by atoms with E-state index in [9.17, 15) is 4.79 Å². The van der Waals surface area contributed by atoms with Gasteiger partial charge in [-0.2, -0.15) is 0 Å². The van der Waals surface area contributed by atoms with Crippen molar-refractivity contribution < 1.29 is 4.79 Å². The highest BCUT2D eigenvalue weighted by Gasteiger charge is 2.24. The minimum Gasteiger partial charge on any atom is -0.348 e. The molecular formula is C16H23N3O. The van der Waals surface area contributed by atoms with Crippen LogP contribution in [0, 0.1) is 6.92 Å². The maximum absolute atomic E-state index is 12.5. The predicted molar refractivity (Wildman–Crippen MR) is 77.8 cm³/mol. The van der Waals surface area contributed by atoms with Crippen LogP contribution in [0.1, 0.15) is 72.5 Å². The van der Waals surface area contributed by atoms with E-state index < -0.39 is 0 Å².